The van der Waals surface area contributed by atoms with E-state index in [4.69, 9.17) is 9.72 Å². The van der Waals surface area contributed by atoms with Crippen LogP contribution in [0.15, 0.2) is 24.5 Å². The highest BCUT2D eigenvalue weighted by Gasteiger charge is 2.27. The smallest absolute Gasteiger partial charge is 0.223 e. The highest BCUT2D eigenvalue weighted by atomic mass is 16.5. The molecular weight excluding hydrogens is 354 g/mol. The molecule has 0 saturated heterocycles. The topological polar surface area (TPSA) is 83.5 Å². The maximum absolute atomic E-state index is 12.0. The number of amides is 1. The number of unbranched alkanes of at least 4 members (excludes halogenated alkanes) is 1. The molecule has 1 fully saturated rings. The third-order valence-corrected chi connectivity index (χ3v) is 5.67. The Kier molecular flexibility index (Phi) is 7.71. The molecule has 0 bridgehead atoms. The van der Waals surface area contributed by atoms with Gasteiger partial charge < -0.3 is 20.5 Å². The van der Waals surface area contributed by atoms with Gasteiger partial charge in [0.05, 0.1) is 6.04 Å². The number of nitrogens with zero attached hydrogens (tertiary/aromatic N) is 1. The number of rotatable bonds is 11. The first kappa shape index (κ1) is 20.6. The Bertz CT molecular complexity index is 673. The quantitative estimate of drug-likeness (QED) is 0.400. The van der Waals surface area contributed by atoms with Gasteiger partial charge in [-0.3, -0.25) is 4.79 Å². The first-order chi connectivity index (χ1) is 13.6. The number of hydrogen-bond donors (Lipinski definition) is 3. The number of anilines is 1. The molecule has 28 heavy (non-hydrogen) atoms. The summed E-state index contributed by atoms with van der Waals surface area (Å²) in [6.07, 6.45) is 8.79. The number of nitrogens with one attached hydrogen (secondary N) is 2. The minimum Gasteiger partial charge on any atom is -0.511 e. The van der Waals surface area contributed by atoms with Gasteiger partial charge in [0, 0.05) is 31.4 Å². The standard InChI is InChI=1S/C22H33N3O3/c1-16(26)20(25-22(27)18-6-4-7-18)12-15-28-14-3-2-9-19-11-10-17-8-5-13-23-21(17)24-19/h10-11,18,20,26H,1-9,12-15H2,(H,23,24)(H,25,27). The molecule has 2 aliphatic rings. The normalized spacial score (nSPS) is 17.1. The maximum atomic E-state index is 12.0. The first-order valence-corrected chi connectivity index (χ1v) is 10.6. The molecule has 3 N–H and O–H groups in total. The Morgan fingerprint density at radius 1 is 1.32 bits per heavy atom. The van der Waals surface area contributed by atoms with Gasteiger partial charge in [-0.15, -0.1) is 0 Å². The third kappa shape index (κ3) is 5.96. The van der Waals surface area contributed by atoms with Gasteiger partial charge >= 0.3 is 0 Å². The fourth-order valence-electron chi connectivity index (χ4n) is 3.60. The van der Waals surface area contributed by atoms with Crippen molar-refractivity contribution in [3.05, 3.63) is 35.7 Å². The van der Waals surface area contributed by atoms with Crippen LogP contribution in [0.4, 0.5) is 5.82 Å². The average molecular weight is 388 g/mol. The molecule has 1 aromatic rings. The van der Waals surface area contributed by atoms with E-state index in [2.05, 4.69) is 29.3 Å². The van der Waals surface area contributed by atoms with Crippen LogP contribution >= 0.6 is 0 Å². The number of ether oxygens (including phenoxy) is 1. The van der Waals surface area contributed by atoms with Crippen molar-refractivity contribution in [2.75, 3.05) is 25.1 Å². The van der Waals surface area contributed by atoms with Gasteiger partial charge in [-0.1, -0.05) is 19.1 Å². The number of pyridine rings is 1. The highest BCUT2D eigenvalue weighted by Crippen LogP contribution is 2.26. The van der Waals surface area contributed by atoms with Crippen LogP contribution in [0.1, 0.15) is 56.2 Å². The molecule has 1 atom stereocenters. The van der Waals surface area contributed by atoms with E-state index in [9.17, 15) is 9.90 Å². The van der Waals surface area contributed by atoms with E-state index in [0.29, 0.717) is 19.6 Å². The Hall–Kier alpha value is -2.08. The van der Waals surface area contributed by atoms with Gasteiger partial charge in [-0.05, 0) is 63.0 Å². The maximum Gasteiger partial charge on any atom is 0.223 e. The van der Waals surface area contributed by atoms with E-state index >= 15 is 0 Å². The largest absolute Gasteiger partial charge is 0.511 e. The Balaban J connectivity index is 1.27. The zero-order chi connectivity index (χ0) is 19.8. The number of aliphatic hydroxyl groups excluding tert-OH is 1. The molecule has 6 nitrogen and oxygen atoms in total. The Labute approximate surface area is 167 Å². The molecule has 1 unspecified atom stereocenters. The van der Waals surface area contributed by atoms with Gasteiger partial charge in [-0.25, -0.2) is 4.98 Å². The summed E-state index contributed by atoms with van der Waals surface area (Å²) < 4.78 is 5.69. The van der Waals surface area contributed by atoms with E-state index < -0.39 is 6.04 Å². The number of hydrogen-bond acceptors (Lipinski definition) is 5. The monoisotopic (exact) mass is 387 g/mol. The summed E-state index contributed by atoms with van der Waals surface area (Å²) in [5.41, 5.74) is 2.45. The molecule has 154 valence electrons. The summed E-state index contributed by atoms with van der Waals surface area (Å²) in [4.78, 5) is 16.7. The van der Waals surface area contributed by atoms with E-state index in [1.165, 1.54) is 12.0 Å². The summed E-state index contributed by atoms with van der Waals surface area (Å²) in [7, 11) is 0. The van der Waals surface area contributed by atoms with Crippen LogP contribution in [0.3, 0.4) is 0 Å². The summed E-state index contributed by atoms with van der Waals surface area (Å²) >= 11 is 0. The molecule has 3 rings (SSSR count). The van der Waals surface area contributed by atoms with Crippen molar-refractivity contribution in [1.82, 2.24) is 10.3 Å². The van der Waals surface area contributed by atoms with Crippen molar-refractivity contribution in [3.8, 4) is 0 Å². The van der Waals surface area contributed by atoms with Gasteiger partial charge in [0.1, 0.15) is 11.6 Å². The van der Waals surface area contributed by atoms with Crippen LogP contribution in [-0.2, 0) is 22.4 Å². The van der Waals surface area contributed by atoms with E-state index in [1.54, 1.807) is 0 Å². The average Bonchev–Trinajstić information content (AvgIpc) is 2.64. The molecule has 1 amide bonds. The molecule has 1 saturated carbocycles. The molecule has 1 aliphatic heterocycles. The van der Waals surface area contributed by atoms with Gasteiger partial charge in [0.2, 0.25) is 5.91 Å². The van der Waals surface area contributed by atoms with Crippen LogP contribution in [0.5, 0.6) is 0 Å². The van der Waals surface area contributed by atoms with Crippen LogP contribution < -0.4 is 10.6 Å². The number of carbonyl (C=O) groups is 1. The molecule has 0 spiro atoms. The van der Waals surface area contributed by atoms with Crippen molar-refractivity contribution in [1.29, 1.82) is 0 Å². The zero-order valence-electron chi connectivity index (χ0n) is 16.7. The van der Waals surface area contributed by atoms with Gasteiger partial charge in [-0.2, -0.15) is 0 Å². The Morgan fingerprint density at radius 3 is 2.93 bits per heavy atom. The molecule has 1 aromatic heterocycles. The predicted molar refractivity (Wildman–Crippen MR) is 110 cm³/mol. The number of aryl methyl sites for hydroxylation is 2. The SMILES string of the molecule is C=C(O)C(CCOCCCCc1ccc2c(n1)NCCC2)NC(=O)C1CCC1. The zero-order valence-corrected chi connectivity index (χ0v) is 16.7. The van der Waals surface area contributed by atoms with Crippen LogP contribution in [0, 0.1) is 5.92 Å². The van der Waals surface area contributed by atoms with Crippen LogP contribution in [0.2, 0.25) is 0 Å². The van der Waals surface area contributed by atoms with Crippen molar-refractivity contribution in [2.24, 2.45) is 5.92 Å². The second-order valence-corrected chi connectivity index (χ2v) is 7.88. The van der Waals surface area contributed by atoms with E-state index in [1.807, 2.05) is 0 Å². The number of aromatic nitrogens is 1. The molecular formula is C22H33N3O3. The third-order valence-electron chi connectivity index (χ3n) is 5.67. The van der Waals surface area contributed by atoms with Gasteiger partial charge in [0.15, 0.2) is 0 Å². The minimum absolute atomic E-state index is 0.00312. The number of aliphatic hydroxyl groups is 1. The summed E-state index contributed by atoms with van der Waals surface area (Å²) in [5.74, 6) is 1.19. The Morgan fingerprint density at radius 2 is 2.18 bits per heavy atom. The lowest BCUT2D eigenvalue weighted by Crippen LogP contribution is -2.42. The van der Waals surface area contributed by atoms with Crippen molar-refractivity contribution in [3.63, 3.8) is 0 Å². The van der Waals surface area contributed by atoms with Gasteiger partial charge in [0.25, 0.3) is 0 Å². The number of carbonyl (C=O) groups excluding carboxylic acids is 1. The van der Waals surface area contributed by atoms with Crippen molar-refractivity contribution in [2.45, 2.75) is 63.8 Å². The molecule has 6 heteroatoms. The highest BCUT2D eigenvalue weighted by molar-refractivity contribution is 5.79. The fourth-order valence-corrected chi connectivity index (χ4v) is 3.60. The lowest BCUT2D eigenvalue weighted by Gasteiger charge is -2.27. The van der Waals surface area contributed by atoms with Crippen LogP contribution in [-0.4, -0.2) is 41.8 Å². The molecule has 0 radical (unpaired) electrons. The second kappa shape index (κ2) is 10.5. The minimum atomic E-state index is -0.416. The fraction of sp³-hybridized carbons (Fsp3) is 0.636. The molecule has 0 aromatic carbocycles. The number of fused-ring (bicyclic) bond motifs is 1. The summed E-state index contributed by atoms with van der Waals surface area (Å²) in [6.45, 7) is 5.76. The van der Waals surface area contributed by atoms with E-state index in [-0.39, 0.29) is 17.6 Å². The summed E-state index contributed by atoms with van der Waals surface area (Å²) in [5, 5.41) is 16.0. The lowest BCUT2D eigenvalue weighted by atomic mass is 9.84. The van der Waals surface area contributed by atoms with Crippen LogP contribution in [0.25, 0.3) is 0 Å². The molecule has 1 aliphatic carbocycles. The van der Waals surface area contributed by atoms with Crippen molar-refractivity contribution >= 4 is 11.7 Å². The first-order valence-electron chi connectivity index (χ1n) is 10.6. The second-order valence-electron chi connectivity index (χ2n) is 7.88. The lowest BCUT2D eigenvalue weighted by molar-refractivity contribution is -0.128. The van der Waals surface area contributed by atoms with E-state index in [0.717, 1.165) is 63.0 Å². The predicted octanol–water partition coefficient (Wildman–Crippen LogP) is 3.53. The van der Waals surface area contributed by atoms with Crippen molar-refractivity contribution < 1.29 is 14.6 Å². The summed E-state index contributed by atoms with van der Waals surface area (Å²) in [6, 6.07) is 3.91. The molecule has 2 heterocycles.